The summed E-state index contributed by atoms with van der Waals surface area (Å²) in [6.45, 7) is 2.33. The number of amides is 4. The Morgan fingerprint density at radius 3 is 1.86 bits per heavy atom. The van der Waals surface area contributed by atoms with E-state index in [-0.39, 0.29) is 30.2 Å². The lowest BCUT2D eigenvalue weighted by Crippen LogP contribution is -2.40. The quantitative estimate of drug-likeness (QED) is 0.299. The maximum atomic E-state index is 13.1. The summed E-state index contributed by atoms with van der Waals surface area (Å²) in [6, 6.07) is 19.7. The van der Waals surface area contributed by atoms with E-state index in [4.69, 9.17) is 0 Å². The number of hydrogen-bond acceptors (Lipinski definition) is 4. The molecule has 4 aromatic carbocycles. The van der Waals surface area contributed by atoms with E-state index in [9.17, 15) is 19.2 Å². The summed E-state index contributed by atoms with van der Waals surface area (Å²) >= 11 is 0. The third-order valence-electron chi connectivity index (χ3n) is 7.04. The molecule has 6 nitrogen and oxygen atoms in total. The Balaban J connectivity index is 1.35. The second kappa shape index (κ2) is 8.72. The number of carbonyl (C=O) groups excluding carboxylic acids is 4. The Morgan fingerprint density at radius 1 is 0.649 bits per heavy atom. The predicted octanol–water partition coefficient (Wildman–Crippen LogP) is 5.04. The van der Waals surface area contributed by atoms with Crippen molar-refractivity contribution in [1.82, 2.24) is 9.80 Å². The number of nitrogens with zero attached hydrogens (tertiary/aromatic N) is 2. The van der Waals surface area contributed by atoms with Crippen LogP contribution >= 0.6 is 0 Å². The van der Waals surface area contributed by atoms with Gasteiger partial charge in [-0.05, 0) is 47.5 Å². The molecule has 0 unspecified atom stereocenters. The molecule has 0 fully saturated rings. The van der Waals surface area contributed by atoms with Crippen LogP contribution in [0.3, 0.4) is 0 Å². The van der Waals surface area contributed by atoms with Gasteiger partial charge in [-0.15, -0.1) is 0 Å². The van der Waals surface area contributed by atoms with E-state index in [0.29, 0.717) is 50.5 Å². The summed E-state index contributed by atoms with van der Waals surface area (Å²) in [7, 11) is 0. The Hall–Kier alpha value is -4.76. The zero-order valence-corrected chi connectivity index (χ0v) is 20.2. The maximum Gasteiger partial charge on any atom is 0.262 e. The van der Waals surface area contributed by atoms with E-state index < -0.39 is 0 Å². The van der Waals surface area contributed by atoms with Gasteiger partial charge in [0, 0.05) is 45.1 Å². The molecule has 4 aromatic rings. The molecule has 0 atom stereocenters. The molecule has 0 saturated heterocycles. The van der Waals surface area contributed by atoms with Gasteiger partial charge in [-0.3, -0.25) is 29.0 Å². The van der Waals surface area contributed by atoms with E-state index in [1.807, 2.05) is 25.1 Å². The van der Waals surface area contributed by atoms with Gasteiger partial charge in [0.2, 0.25) is 0 Å². The van der Waals surface area contributed by atoms with E-state index in [2.05, 4.69) is 11.8 Å². The molecule has 6 heteroatoms. The Kier molecular flexibility index (Phi) is 5.35. The highest BCUT2D eigenvalue weighted by Gasteiger charge is 2.33. The minimum Gasteiger partial charge on any atom is -0.274 e. The molecule has 180 valence electrons. The van der Waals surface area contributed by atoms with Crippen LogP contribution in [0.25, 0.3) is 21.5 Å². The van der Waals surface area contributed by atoms with Crippen molar-refractivity contribution in [3.63, 3.8) is 0 Å². The Labute approximate surface area is 213 Å². The van der Waals surface area contributed by atoms with Crippen LogP contribution in [0.1, 0.15) is 66.8 Å². The molecule has 2 heterocycles. The average molecular weight is 487 g/mol. The van der Waals surface area contributed by atoms with Crippen LogP contribution in [-0.4, -0.2) is 46.5 Å². The van der Waals surface area contributed by atoms with Crippen molar-refractivity contribution >= 4 is 45.2 Å². The normalized spacial score (nSPS) is 14.4. The highest BCUT2D eigenvalue weighted by molar-refractivity contribution is 6.26. The van der Waals surface area contributed by atoms with Crippen molar-refractivity contribution in [2.45, 2.75) is 19.8 Å². The number of imide groups is 2. The summed E-state index contributed by atoms with van der Waals surface area (Å²) in [6.07, 6.45) is 1.63. The fraction of sp³-hybridized carbons (Fsp3) is 0.161. The van der Waals surface area contributed by atoms with Crippen molar-refractivity contribution < 1.29 is 19.2 Å². The molecule has 6 rings (SSSR count). The van der Waals surface area contributed by atoms with Gasteiger partial charge in [-0.1, -0.05) is 61.6 Å². The van der Waals surface area contributed by atoms with Crippen LogP contribution in [0.5, 0.6) is 0 Å². The number of benzene rings is 4. The largest absolute Gasteiger partial charge is 0.274 e. The van der Waals surface area contributed by atoms with E-state index >= 15 is 0 Å². The van der Waals surface area contributed by atoms with Crippen LogP contribution in [0, 0.1) is 11.8 Å². The van der Waals surface area contributed by atoms with Crippen LogP contribution in [-0.2, 0) is 0 Å². The van der Waals surface area contributed by atoms with Crippen LogP contribution < -0.4 is 0 Å². The molecule has 0 spiro atoms. The van der Waals surface area contributed by atoms with E-state index in [1.54, 1.807) is 48.5 Å². The third-order valence-corrected chi connectivity index (χ3v) is 7.04. The molecular formula is C31H22N2O4. The molecule has 0 aromatic heterocycles. The van der Waals surface area contributed by atoms with Gasteiger partial charge in [0.05, 0.1) is 6.54 Å². The lowest BCUT2D eigenvalue weighted by molar-refractivity contribution is 0.0601. The first-order valence-corrected chi connectivity index (χ1v) is 12.3. The van der Waals surface area contributed by atoms with Crippen molar-refractivity contribution in [2.24, 2.45) is 0 Å². The maximum absolute atomic E-state index is 13.1. The molecule has 0 radical (unpaired) electrons. The predicted molar refractivity (Wildman–Crippen MR) is 140 cm³/mol. The highest BCUT2D eigenvalue weighted by atomic mass is 16.2. The van der Waals surface area contributed by atoms with Gasteiger partial charge in [0.25, 0.3) is 23.6 Å². The van der Waals surface area contributed by atoms with Gasteiger partial charge >= 0.3 is 0 Å². The first-order valence-electron chi connectivity index (χ1n) is 12.3. The van der Waals surface area contributed by atoms with Crippen molar-refractivity contribution in [3.05, 3.63) is 94.5 Å². The molecule has 4 amide bonds. The first kappa shape index (κ1) is 22.7. The Bertz CT molecular complexity index is 1670. The monoisotopic (exact) mass is 486 g/mol. The number of hydrogen-bond donors (Lipinski definition) is 0. The van der Waals surface area contributed by atoms with Crippen LogP contribution in [0.15, 0.2) is 66.7 Å². The standard InChI is InChI=1S/C31H22N2O4/c1-2-3-17-32-30(36)24-14-6-11-21-19(15-16-25(27(21)24)31(32)37)10-7-18-33-28(34)22-12-4-8-20-9-5-13-23(26(20)22)29(33)35/h4-6,8-9,11-16H,2-3,17-18H2,1H3. The van der Waals surface area contributed by atoms with Gasteiger partial charge in [0.15, 0.2) is 0 Å². The third kappa shape index (κ3) is 3.43. The zero-order valence-electron chi connectivity index (χ0n) is 20.2. The highest BCUT2D eigenvalue weighted by Crippen LogP contribution is 2.33. The average Bonchev–Trinajstić information content (AvgIpc) is 2.92. The smallest absolute Gasteiger partial charge is 0.262 e. The van der Waals surface area contributed by atoms with Crippen molar-refractivity contribution in [3.8, 4) is 11.8 Å². The van der Waals surface area contributed by atoms with Gasteiger partial charge in [-0.2, -0.15) is 0 Å². The molecule has 37 heavy (non-hydrogen) atoms. The van der Waals surface area contributed by atoms with Gasteiger partial charge in [0.1, 0.15) is 0 Å². The Morgan fingerprint density at radius 2 is 1.22 bits per heavy atom. The fourth-order valence-corrected chi connectivity index (χ4v) is 5.21. The minimum absolute atomic E-state index is 0.0754. The summed E-state index contributed by atoms with van der Waals surface area (Å²) in [5.41, 5.74) is 2.57. The number of unbranched alkanes of at least 4 members (excludes halogenated alkanes) is 1. The topological polar surface area (TPSA) is 74.8 Å². The second-order valence-electron chi connectivity index (χ2n) is 9.21. The lowest BCUT2D eigenvalue weighted by atomic mass is 9.91. The second-order valence-corrected chi connectivity index (χ2v) is 9.21. The molecule has 0 N–H and O–H groups in total. The summed E-state index contributed by atoms with van der Waals surface area (Å²) in [4.78, 5) is 54.9. The van der Waals surface area contributed by atoms with Crippen molar-refractivity contribution in [2.75, 3.05) is 13.1 Å². The van der Waals surface area contributed by atoms with E-state index in [1.165, 1.54) is 4.90 Å². The zero-order chi connectivity index (χ0) is 25.7. The molecular weight excluding hydrogens is 464 g/mol. The first-order chi connectivity index (χ1) is 18.0. The van der Waals surface area contributed by atoms with Crippen LogP contribution in [0.2, 0.25) is 0 Å². The number of rotatable bonds is 4. The minimum atomic E-state index is -0.371. The van der Waals surface area contributed by atoms with Crippen LogP contribution in [0.4, 0.5) is 0 Å². The van der Waals surface area contributed by atoms with Gasteiger partial charge < -0.3 is 0 Å². The van der Waals surface area contributed by atoms with E-state index in [0.717, 1.165) is 23.1 Å². The molecule has 0 saturated carbocycles. The lowest BCUT2D eigenvalue weighted by Gasteiger charge is -2.27. The van der Waals surface area contributed by atoms with Crippen molar-refractivity contribution in [1.29, 1.82) is 0 Å². The molecule has 0 aliphatic carbocycles. The van der Waals surface area contributed by atoms with Gasteiger partial charge in [-0.25, -0.2) is 0 Å². The number of carbonyl (C=O) groups is 4. The molecule has 2 aliphatic rings. The SMILES string of the molecule is CCCCN1C(=O)c2cccc3c(C#CCN4C(=O)c5cccc6cccc(c56)C4=O)ccc(c23)C1=O. The summed E-state index contributed by atoms with van der Waals surface area (Å²) in [5.74, 6) is 4.72. The summed E-state index contributed by atoms with van der Waals surface area (Å²) in [5, 5.41) is 2.83. The fourth-order valence-electron chi connectivity index (χ4n) is 5.21. The molecule has 0 bridgehead atoms. The summed E-state index contributed by atoms with van der Waals surface area (Å²) < 4.78 is 0. The molecule has 2 aliphatic heterocycles.